The van der Waals surface area contributed by atoms with E-state index in [-0.39, 0.29) is 23.2 Å². The fourth-order valence-corrected chi connectivity index (χ4v) is 4.29. The fraction of sp³-hybridized carbons (Fsp3) is 0.609. The lowest BCUT2D eigenvalue weighted by atomic mass is 10.1. The van der Waals surface area contributed by atoms with Crippen LogP contribution in [0.4, 0.5) is 0 Å². The number of carbonyl (C=O) groups excluding carboxylic acids is 1. The smallest absolute Gasteiger partial charge is 0.338 e. The number of esters is 1. The van der Waals surface area contributed by atoms with Gasteiger partial charge in [0.05, 0.1) is 18.3 Å². The number of hydrogen-bond acceptors (Lipinski definition) is 5. The van der Waals surface area contributed by atoms with Gasteiger partial charge in [-0.2, -0.15) is 0 Å². The maximum absolute atomic E-state index is 12.5. The Bertz CT molecular complexity index is 693. The molecule has 0 radical (unpaired) electrons. The molecule has 2 rings (SSSR count). The van der Waals surface area contributed by atoms with Crippen molar-refractivity contribution in [2.45, 2.75) is 83.3 Å². The number of carbonyl (C=O) groups is 1. The third kappa shape index (κ3) is 6.51. The van der Waals surface area contributed by atoms with Gasteiger partial charge in [0.15, 0.2) is 14.1 Å². The largest absolute Gasteiger partial charge is 0.454 e. The van der Waals surface area contributed by atoms with E-state index in [1.54, 1.807) is 18.2 Å². The van der Waals surface area contributed by atoms with Crippen molar-refractivity contribution in [3.8, 4) is 0 Å². The van der Waals surface area contributed by atoms with E-state index in [0.717, 1.165) is 0 Å². The molecule has 1 aliphatic heterocycles. The van der Waals surface area contributed by atoms with E-state index in [1.807, 2.05) is 32.0 Å². The Kier molecular flexibility index (Phi) is 7.49. The first-order valence-corrected chi connectivity index (χ1v) is 13.1. The van der Waals surface area contributed by atoms with Crippen molar-refractivity contribution in [1.82, 2.24) is 0 Å². The third-order valence-electron chi connectivity index (χ3n) is 5.69. The summed E-state index contributed by atoms with van der Waals surface area (Å²) in [5.74, 6) is -1.02. The summed E-state index contributed by atoms with van der Waals surface area (Å²) in [5, 5.41) is 0.0463. The molecule has 0 unspecified atom stereocenters. The molecule has 1 aromatic rings. The molecule has 0 spiro atoms. The van der Waals surface area contributed by atoms with Gasteiger partial charge in [0, 0.05) is 6.42 Å². The summed E-state index contributed by atoms with van der Waals surface area (Å²) in [6.07, 6.45) is 1.16. The van der Waals surface area contributed by atoms with Gasteiger partial charge in [-0.3, -0.25) is 0 Å². The molecule has 5 nitrogen and oxygen atoms in total. The topological polar surface area (TPSA) is 54.0 Å². The van der Waals surface area contributed by atoms with Crippen molar-refractivity contribution < 1.29 is 23.4 Å². The molecule has 0 aliphatic carbocycles. The summed E-state index contributed by atoms with van der Waals surface area (Å²) in [4.78, 5) is 12.5. The molecule has 1 heterocycles. The third-order valence-corrected chi connectivity index (χ3v) is 10.2. The highest BCUT2D eigenvalue weighted by molar-refractivity contribution is 6.74. The summed E-state index contributed by atoms with van der Waals surface area (Å²) in [6, 6.07) is 8.97. The first kappa shape index (κ1) is 23.8. The highest BCUT2D eigenvalue weighted by Crippen LogP contribution is 2.39. The van der Waals surface area contributed by atoms with Gasteiger partial charge < -0.3 is 18.6 Å². The molecule has 1 fully saturated rings. The van der Waals surface area contributed by atoms with Crippen LogP contribution in [0.2, 0.25) is 18.1 Å². The van der Waals surface area contributed by atoms with E-state index in [1.165, 1.54) is 0 Å². The molecule has 1 aromatic carbocycles. The van der Waals surface area contributed by atoms with E-state index in [4.69, 9.17) is 18.6 Å². The molecule has 0 aromatic heterocycles. The fourth-order valence-electron chi connectivity index (χ4n) is 2.93. The Morgan fingerprint density at radius 2 is 1.93 bits per heavy atom. The molecule has 0 N–H and O–H groups in total. The van der Waals surface area contributed by atoms with Crippen LogP contribution in [0.1, 0.15) is 51.4 Å². The molecular weight excluding hydrogens is 384 g/mol. The summed E-state index contributed by atoms with van der Waals surface area (Å²) in [6.45, 7) is 19.1. The average Bonchev–Trinajstić information content (AvgIpc) is 2.99. The number of benzene rings is 1. The van der Waals surface area contributed by atoms with Crippen molar-refractivity contribution in [3.63, 3.8) is 0 Å². The van der Waals surface area contributed by atoms with Gasteiger partial charge in [0.25, 0.3) is 0 Å². The second kappa shape index (κ2) is 9.12. The van der Waals surface area contributed by atoms with Crippen LogP contribution in [0.3, 0.4) is 0 Å². The van der Waals surface area contributed by atoms with Crippen molar-refractivity contribution in [2.24, 2.45) is 0 Å². The van der Waals surface area contributed by atoms with E-state index < -0.39 is 20.2 Å². The molecule has 3 atom stereocenters. The minimum atomic E-state index is -2.08. The lowest BCUT2D eigenvalue weighted by Crippen LogP contribution is -2.49. The minimum Gasteiger partial charge on any atom is -0.454 e. The van der Waals surface area contributed by atoms with Crippen LogP contribution >= 0.6 is 0 Å². The normalized spacial score (nSPS) is 21.4. The second-order valence-corrected chi connectivity index (χ2v) is 14.3. The minimum absolute atomic E-state index is 0.0463. The lowest BCUT2D eigenvalue weighted by molar-refractivity contribution is -0.151. The molecule has 0 saturated carbocycles. The quantitative estimate of drug-likeness (QED) is 0.323. The van der Waals surface area contributed by atoms with Crippen LogP contribution in [0, 0.1) is 0 Å². The summed E-state index contributed by atoms with van der Waals surface area (Å²) < 4.78 is 24.3. The predicted octanol–water partition coefficient (Wildman–Crippen LogP) is 5.33. The first-order valence-electron chi connectivity index (χ1n) is 10.2. The van der Waals surface area contributed by atoms with E-state index in [0.29, 0.717) is 18.6 Å². The molecule has 0 bridgehead atoms. The Labute approximate surface area is 176 Å². The number of hydrogen-bond donors (Lipinski definition) is 0. The van der Waals surface area contributed by atoms with E-state index in [9.17, 15) is 4.79 Å². The lowest BCUT2D eigenvalue weighted by Gasteiger charge is -2.41. The van der Waals surface area contributed by atoms with E-state index in [2.05, 4.69) is 40.4 Å². The molecule has 29 heavy (non-hydrogen) atoms. The molecular formula is C23H36O5Si. The highest BCUT2D eigenvalue weighted by Gasteiger charge is 2.45. The van der Waals surface area contributed by atoms with Crippen LogP contribution in [0.25, 0.3) is 0 Å². The Hall–Kier alpha value is -1.47. The van der Waals surface area contributed by atoms with Crippen LogP contribution in [0.15, 0.2) is 43.0 Å². The highest BCUT2D eigenvalue weighted by atomic mass is 28.4. The van der Waals surface area contributed by atoms with Crippen LogP contribution in [-0.4, -0.2) is 45.0 Å². The van der Waals surface area contributed by atoms with Gasteiger partial charge in [-0.15, -0.1) is 0 Å². The second-order valence-electron chi connectivity index (χ2n) is 9.56. The Morgan fingerprint density at radius 1 is 1.31 bits per heavy atom. The molecule has 1 saturated heterocycles. The van der Waals surface area contributed by atoms with Gasteiger partial charge in [0.1, 0.15) is 12.2 Å². The van der Waals surface area contributed by atoms with Gasteiger partial charge in [-0.1, -0.05) is 51.6 Å². The Morgan fingerprint density at radius 3 is 2.41 bits per heavy atom. The van der Waals surface area contributed by atoms with Gasteiger partial charge >= 0.3 is 5.97 Å². The zero-order chi connectivity index (χ0) is 21.9. The zero-order valence-corrected chi connectivity index (χ0v) is 19.9. The van der Waals surface area contributed by atoms with Crippen molar-refractivity contribution in [2.75, 3.05) is 6.61 Å². The van der Waals surface area contributed by atoms with Crippen molar-refractivity contribution in [1.29, 1.82) is 0 Å². The van der Waals surface area contributed by atoms with Gasteiger partial charge in [-0.05, 0) is 44.1 Å². The standard InChI is InChI=1S/C23H36O5Si/c1-9-18(26-21(24)17-13-11-10-12-14-17)15-19(20-16-25-23(5,6)27-20)28-29(7,8)22(2,3)4/h9-14,18-20H,1,15-16H2,2-8H3/t18-,19-,20+/m0/s1. The van der Waals surface area contributed by atoms with Crippen LogP contribution < -0.4 is 0 Å². The SMILES string of the molecule is C=C[C@@H](C[C@H](O[Si](C)(C)C(C)(C)C)[C@H]1COC(C)(C)O1)OC(=O)c1ccccc1. The van der Waals surface area contributed by atoms with Gasteiger partial charge in [0.2, 0.25) is 0 Å². The summed E-state index contributed by atoms with van der Waals surface area (Å²) in [7, 11) is -2.08. The maximum atomic E-state index is 12.5. The maximum Gasteiger partial charge on any atom is 0.338 e. The monoisotopic (exact) mass is 420 g/mol. The summed E-state index contributed by atoms with van der Waals surface area (Å²) >= 11 is 0. The number of ether oxygens (including phenoxy) is 3. The van der Waals surface area contributed by atoms with Crippen LogP contribution in [0.5, 0.6) is 0 Å². The van der Waals surface area contributed by atoms with E-state index >= 15 is 0 Å². The predicted molar refractivity (Wildman–Crippen MR) is 117 cm³/mol. The average molecular weight is 421 g/mol. The first-order chi connectivity index (χ1) is 13.3. The molecule has 6 heteroatoms. The summed E-state index contributed by atoms with van der Waals surface area (Å²) in [5.41, 5.74) is 0.516. The Balaban J connectivity index is 2.16. The van der Waals surface area contributed by atoms with Crippen molar-refractivity contribution >= 4 is 14.3 Å². The van der Waals surface area contributed by atoms with Gasteiger partial charge in [-0.25, -0.2) is 4.79 Å². The number of rotatable bonds is 8. The van der Waals surface area contributed by atoms with Crippen LogP contribution in [-0.2, 0) is 18.6 Å². The molecule has 162 valence electrons. The van der Waals surface area contributed by atoms with Crippen molar-refractivity contribution in [3.05, 3.63) is 48.6 Å². The molecule has 0 amide bonds. The molecule has 1 aliphatic rings. The zero-order valence-electron chi connectivity index (χ0n) is 18.9.